The van der Waals surface area contributed by atoms with Gasteiger partial charge in [-0.3, -0.25) is 9.78 Å². The molecule has 2 N–H and O–H groups in total. The second kappa shape index (κ2) is 3.84. The normalized spacial score (nSPS) is 15.0. The molecule has 1 amide bonds. The van der Waals surface area contributed by atoms with Gasteiger partial charge in [0.05, 0.1) is 12.4 Å². The molecule has 0 atom stereocenters. The van der Waals surface area contributed by atoms with E-state index in [1.807, 2.05) is 0 Å². The summed E-state index contributed by atoms with van der Waals surface area (Å²) in [5, 5.41) is 0. The van der Waals surface area contributed by atoms with Gasteiger partial charge < -0.3 is 10.6 Å². The fourth-order valence-electron chi connectivity index (χ4n) is 1.45. The van der Waals surface area contributed by atoms with Crippen LogP contribution in [0.25, 0.3) is 0 Å². The van der Waals surface area contributed by atoms with Crippen LogP contribution in [0.4, 0.5) is 5.82 Å². The first-order valence-electron chi connectivity index (χ1n) is 5.00. The minimum absolute atomic E-state index is 0.110. The zero-order chi connectivity index (χ0) is 10.8. The van der Waals surface area contributed by atoms with Crippen LogP contribution in [-0.2, 0) is 0 Å². The Labute approximate surface area is 88.3 Å². The molecule has 0 saturated heterocycles. The SMILES string of the molecule is CN(CC1CC1)C(=O)c1cncc(N)n1. The van der Waals surface area contributed by atoms with Gasteiger partial charge in [0, 0.05) is 13.6 Å². The first-order valence-corrected chi connectivity index (χ1v) is 5.00. The molecule has 1 saturated carbocycles. The molecule has 5 heteroatoms. The molecule has 0 aromatic carbocycles. The van der Waals surface area contributed by atoms with Crippen LogP contribution in [0.3, 0.4) is 0 Å². The van der Waals surface area contributed by atoms with Crippen molar-refractivity contribution in [2.45, 2.75) is 12.8 Å². The maximum Gasteiger partial charge on any atom is 0.273 e. The number of anilines is 1. The molecule has 1 aromatic rings. The van der Waals surface area contributed by atoms with Gasteiger partial charge in [-0.15, -0.1) is 0 Å². The van der Waals surface area contributed by atoms with Gasteiger partial charge in [-0.2, -0.15) is 0 Å². The van der Waals surface area contributed by atoms with Crippen LogP contribution >= 0.6 is 0 Å². The van der Waals surface area contributed by atoms with Crippen LogP contribution in [0.5, 0.6) is 0 Å². The largest absolute Gasteiger partial charge is 0.382 e. The monoisotopic (exact) mass is 206 g/mol. The Morgan fingerprint density at radius 1 is 1.60 bits per heavy atom. The first kappa shape index (κ1) is 9.89. The lowest BCUT2D eigenvalue weighted by Gasteiger charge is -2.15. The second-order valence-corrected chi connectivity index (χ2v) is 3.96. The summed E-state index contributed by atoms with van der Waals surface area (Å²) in [7, 11) is 1.78. The van der Waals surface area contributed by atoms with E-state index in [2.05, 4.69) is 9.97 Å². The van der Waals surface area contributed by atoms with Gasteiger partial charge in [0.15, 0.2) is 0 Å². The molecule has 5 nitrogen and oxygen atoms in total. The van der Waals surface area contributed by atoms with E-state index < -0.39 is 0 Å². The third-order valence-electron chi connectivity index (χ3n) is 2.45. The van der Waals surface area contributed by atoms with E-state index >= 15 is 0 Å². The van der Waals surface area contributed by atoms with Crippen LogP contribution in [0, 0.1) is 5.92 Å². The molecule has 0 bridgehead atoms. The lowest BCUT2D eigenvalue weighted by molar-refractivity contribution is 0.0782. The number of nitrogen functional groups attached to an aromatic ring is 1. The summed E-state index contributed by atoms with van der Waals surface area (Å²) in [6, 6.07) is 0. The highest BCUT2D eigenvalue weighted by Crippen LogP contribution is 2.29. The molecule has 2 rings (SSSR count). The van der Waals surface area contributed by atoms with Crippen molar-refractivity contribution in [2.24, 2.45) is 5.92 Å². The minimum Gasteiger partial charge on any atom is -0.382 e. The lowest BCUT2D eigenvalue weighted by atomic mass is 10.3. The van der Waals surface area contributed by atoms with Gasteiger partial charge in [0.2, 0.25) is 0 Å². The average Bonchev–Trinajstić information content (AvgIpc) is 3.00. The van der Waals surface area contributed by atoms with E-state index in [0.29, 0.717) is 11.6 Å². The molecule has 0 radical (unpaired) electrons. The second-order valence-electron chi connectivity index (χ2n) is 3.96. The molecule has 0 aliphatic heterocycles. The number of nitrogens with two attached hydrogens (primary N) is 1. The van der Waals surface area contributed by atoms with Crippen molar-refractivity contribution in [3.63, 3.8) is 0 Å². The zero-order valence-electron chi connectivity index (χ0n) is 8.68. The molecule has 1 aromatic heterocycles. The third kappa shape index (κ3) is 2.43. The van der Waals surface area contributed by atoms with E-state index in [4.69, 9.17) is 5.73 Å². The smallest absolute Gasteiger partial charge is 0.273 e. The standard InChI is InChI=1S/C10H14N4O/c1-14(6-7-2-3-7)10(15)8-4-12-5-9(11)13-8/h4-5,7H,2-3,6H2,1H3,(H2,11,13). The third-order valence-corrected chi connectivity index (χ3v) is 2.45. The summed E-state index contributed by atoms with van der Waals surface area (Å²) >= 11 is 0. The van der Waals surface area contributed by atoms with Gasteiger partial charge in [-0.1, -0.05) is 0 Å². The highest BCUT2D eigenvalue weighted by Gasteiger charge is 2.25. The summed E-state index contributed by atoms with van der Waals surface area (Å²) in [6.45, 7) is 0.801. The molecule has 1 aliphatic carbocycles. The molecule has 15 heavy (non-hydrogen) atoms. The van der Waals surface area contributed by atoms with Gasteiger partial charge in [-0.05, 0) is 18.8 Å². The van der Waals surface area contributed by atoms with E-state index in [1.165, 1.54) is 25.2 Å². The van der Waals surface area contributed by atoms with E-state index in [-0.39, 0.29) is 11.7 Å². The van der Waals surface area contributed by atoms with Gasteiger partial charge in [0.25, 0.3) is 5.91 Å². The number of hydrogen-bond acceptors (Lipinski definition) is 4. The maximum atomic E-state index is 11.8. The van der Waals surface area contributed by atoms with Crippen LogP contribution in [0.2, 0.25) is 0 Å². The molecule has 1 aliphatic rings. The average molecular weight is 206 g/mol. The summed E-state index contributed by atoms with van der Waals surface area (Å²) in [4.78, 5) is 21.3. The van der Waals surface area contributed by atoms with Gasteiger partial charge in [-0.25, -0.2) is 4.98 Å². The minimum atomic E-state index is -0.110. The number of hydrogen-bond donors (Lipinski definition) is 1. The Balaban J connectivity index is 2.05. The van der Waals surface area contributed by atoms with Crippen molar-refractivity contribution in [3.05, 3.63) is 18.1 Å². The Bertz CT molecular complexity index is 375. The van der Waals surface area contributed by atoms with Crippen molar-refractivity contribution in [2.75, 3.05) is 19.3 Å². The summed E-state index contributed by atoms with van der Waals surface area (Å²) < 4.78 is 0. The summed E-state index contributed by atoms with van der Waals surface area (Å²) in [5.74, 6) is 0.843. The Morgan fingerprint density at radius 2 is 2.33 bits per heavy atom. The van der Waals surface area contributed by atoms with Gasteiger partial charge >= 0.3 is 0 Å². The highest BCUT2D eigenvalue weighted by molar-refractivity contribution is 5.92. The van der Waals surface area contributed by atoms with E-state index in [0.717, 1.165) is 6.54 Å². The number of nitrogens with zero attached hydrogens (tertiary/aromatic N) is 3. The summed E-state index contributed by atoms with van der Waals surface area (Å²) in [6.07, 6.45) is 5.32. The fourth-order valence-corrected chi connectivity index (χ4v) is 1.45. The zero-order valence-corrected chi connectivity index (χ0v) is 8.68. The van der Waals surface area contributed by atoms with E-state index in [9.17, 15) is 4.79 Å². The molecule has 1 fully saturated rings. The highest BCUT2D eigenvalue weighted by atomic mass is 16.2. The molecular weight excluding hydrogens is 192 g/mol. The molecular formula is C10H14N4O. The van der Waals surface area contributed by atoms with Crippen LogP contribution in [0.15, 0.2) is 12.4 Å². The van der Waals surface area contributed by atoms with E-state index in [1.54, 1.807) is 11.9 Å². The Hall–Kier alpha value is -1.65. The topological polar surface area (TPSA) is 72.1 Å². The molecule has 0 spiro atoms. The maximum absolute atomic E-state index is 11.8. The quantitative estimate of drug-likeness (QED) is 0.783. The Kier molecular flexibility index (Phi) is 2.53. The predicted molar refractivity (Wildman–Crippen MR) is 56.1 cm³/mol. The summed E-state index contributed by atoms with van der Waals surface area (Å²) in [5.41, 5.74) is 5.78. The molecule has 80 valence electrons. The van der Waals surface area contributed by atoms with Crippen molar-refractivity contribution in [3.8, 4) is 0 Å². The fraction of sp³-hybridized carbons (Fsp3) is 0.500. The van der Waals surface area contributed by atoms with Crippen LogP contribution in [-0.4, -0.2) is 34.4 Å². The lowest BCUT2D eigenvalue weighted by Crippen LogP contribution is -2.29. The van der Waals surface area contributed by atoms with Crippen molar-refractivity contribution < 1.29 is 4.79 Å². The first-order chi connectivity index (χ1) is 7.16. The number of aromatic nitrogens is 2. The van der Waals surface area contributed by atoms with Crippen LogP contribution < -0.4 is 5.73 Å². The number of carbonyl (C=O) groups is 1. The molecule has 1 heterocycles. The van der Waals surface area contributed by atoms with Crippen LogP contribution in [0.1, 0.15) is 23.3 Å². The van der Waals surface area contributed by atoms with Crippen molar-refractivity contribution >= 4 is 11.7 Å². The van der Waals surface area contributed by atoms with Crippen molar-refractivity contribution in [1.29, 1.82) is 0 Å². The number of carbonyl (C=O) groups excluding carboxylic acids is 1. The van der Waals surface area contributed by atoms with Gasteiger partial charge in [0.1, 0.15) is 11.5 Å². The van der Waals surface area contributed by atoms with Crippen molar-refractivity contribution in [1.82, 2.24) is 14.9 Å². The Morgan fingerprint density at radius 3 is 2.93 bits per heavy atom. The predicted octanol–water partition coefficient (Wildman–Crippen LogP) is 0.541. The number of rotatable bonds is 3. The number of amides is 1. The molecule has 0 unspecified atom stereocenters.